The number of aromatic nitrogens is 2. The van der Waals surface area contributed by atoms with Crippen molar-refractivity contribution in [2.24, 2.45) is 0 Å². The molecule has 0 spiro atoms. The molecule has 0 atom stereocenters. The van der Waals surface area contributed by atoms with E-state index in [1.54, 1.807) is 18.7 Å². The molecule has 0 unspecified atom stereocenters. The van der Waals surface area contributed by atoms with Crippen LogP contribution in [0, 0.1) is 20.8 Å². The van der Waals surface area contributed by atoms with Crippen LogP contribution in [0.3, 0.4) is 0 Å². The summed E-state index contributed by atoms with van der Waals surface area (Å²) in [5.41, 5.74) is 3.33. The third-order valence-corrected chi connectivity index (χ3v) is 5.84. The van der Waals surface area contributed by atoms with Crippen molar-refractivity contribution in [2.45, 2.75) is 36.3 Å². The van der Waals surface area contributed by atoms with Gasteiger partial charge in [0, 0.05) is 22.4 Å². The average Bonchev–Trinajstić information content (AvgIpc) is 3.04. The molecular weight excluding hydrogens is 378 g/mol. The van der Waals surface area contributed by atoms with Crippen LogP contribution in [0.4, 0.5) is 5.69 Å². The highest BCUT2D eigenvalue weighted by molar-refractivity contribution is 7.99. The first-order valence-electron chi connectivity index (χ1n) is 8.51. The van der Waals surface area contributed by atoms with Crippen LogP contribution in [-0.2, 0) is 10.5 Å². The zero-order valence-electron chi connectivity index (χ0n) is 15.5. The van der Waals surface area contributed by atoms with Crippen molar-refractivity contribution in [3.63, 3.8) is 0 Å². The summed E-state index contributed by atoms with van der Waals surface area (Å²) in [5.74, 6) is 1.99. The number of rotatable bonds is 7. The number of nitrogens with zero attached hydrogens (tertiary/aromatic N) is 2. The monoisotopic (exact) mass is 399 g/mol. The molecule has 0 bridgehead atoms. The Labute approximate surface area is 167 Å². The number of amides is 1. The molecule has 0 aliphatic rings. The minimum atomic E-state index is -0.0463. The predicted octanol–water partition coefficient (Wildman–Crippen LogP) is 5.02. The maximum atomic E-state index is 12.1. The fraction of sp³-hybridized carbons (Fsp3) is 0.250. The van der Waals surface area contributed by atoms with Gasteiger partial charge in [0.2, 0.25) is 11.8 Å². The number of carbonyl (C=O) groups is 1. The Hall–Kier alpha value is -2.25. The molecule has 7 heteroatoms. The first kappa shape index (κ1) is 19.5. The summed E-state index contributed by atoms with van der Waals surface area (Å²) < 4.78 is 4.91. The van der Waals surface area contributed by atoms with Crippen LogP contribution in [0.5, 0.6) is 0 Å². The molecule has 3 aromatic rings. The summed E-state index contributed by atoms with van der Waals surface area (Å²) in [5, 5.41) is 6.72. The van der Waals surface area contributed by atoms with E-state index < -0.39 is 0 Å². The molecule has 0 aliphatic heterocycles. The molecule has 0 aliphatic carbocycles. The van der Waals surface area contributed by atoms with E-state index in [0.717, 1.165) is 10.6 Å². The molecule has 1 aromatic heterocycles. The normalized spacial score (nSPS) is 10.8. The van der Waals surface area contributed by atoms with Crippen LogP contribution >= 0.6 is 23.5 Å². The minimum Gasteiger partial charge on any atom is -0.340 e. The number of nitrogens with one attached hydrogen (secondary N) is 1. The number of thioether (sulfide) groups is 1. The summed E-state index contributed by atoms with van der Waals surface area (Å²) >= 11 is 3.18. The number of anilines is 1. The van der Waals surface area contributed by atoms with E-state index in [4.69, 9.17) is 4.52 Å². The number of hydrogen-bond acceptors (Lipinski definition) is 6. The second-order valence-corrected chi connectivity index (χ2v) is 8.27. The Morgan fingerprint density at radius 1 is 1.11 bits per heavy atom. The van der Waals surface area contributed by atoms with E-state index in [1.165, 1.54) is 27.8 Å². The number of carbonyl (C=O) groups excluding carboxylic acids is 1. The van der Waals surface area contributed by atoms with Crippen LogP contribution in [0.25, 0.3) is 0 Å². The number of aryl methyl sites for hydroxylation is 3. The first-order valence-corrected chi connectivity index (χ1v) is 10.5. The molecule has 1 amide bonds. The topological polar surface area (TPSA) is 68.0 Å². The highest BCUT2D eigenvalue weighted by atomic mass is 32.2. The third kappa shape index (κ3) is 5.87. The van der Waals surface area contributed by atoms with Crippen LogP contribution in [-0.4, -0.2) is 21.8 Å². The number of hydrogen-bond donors (Lipinski definition) is 1. The highest BCUT2D eigenvalue weighted by Crippen LogP contribution is 2.31. The number of benzene rings is 2. The Morgan fingerprint density at radius 3 is 2.56 bits per heavy atom. The van der Waals surface area contributed by atoms with Crippen molar-refractivity contribution in [2.75, 3.05) is 11.1 Å². The SMILES string of the molecule is Cc1ccc(Sc2ccc(NC(=O)CSCc3noc(C)n3)cc2)c(C)c1. The van der Waals surface area contributed by atoms with Crippen molar-refractivity contribution in [3.05, 3.63) is 65.3 Å². The Morgan fingerprint density at radius 2 is 1.89 bits per heavy atom. The molecule has 27 heavy (non-hydrogen) atoms. The van der Waals surface area contributed by atoms with Gasteiger partial charge in [-0.1, -0.05) is 34.6 Å². The van der Waals surface area contributed by atoms with Crippen molar-refractivity contribution in [1.29, 1.82) is 0 Å². The molecule has 0 saturated carbocycles. The van der Waals surface area contributed by atoms with Crippen molar-refractivity contribution in [3.8, 4) is 0 Å². The van der Waals surface area contributed by atoms with Gasteiger partial charge in [0.1, 0.15) is 0 Å². The van der Waals surface area contributed by atoms with Gasteiger partial charge in [-0.2, -0.15) is 4.98 Å². The molecule has 0 saturated heterocycles. The molecule has 140 valence electrons. The third-order valence-electron chi connectivity index (χ3n) is 3.73. The largest absolute Gasteiger partial charge is 0.340 e. The second kappa shape index (κ2) is 9.10. The van der Waals surface area contributed by atoms with Gasteiger partial charge in [0.25, 0.3) is 0 Å². The standard InChI is InChI=1S/C20H21N3O2S2/c1-13-4-9-18(14(2)10-13)27-17-7-5-16(6-8-17)22-20(24)12-26-11-19-21-15(3)25-23-19/h4-10H,11-12H2,1-3H3,(H,22,24). The predicted molar refractivity (Wildman–Crippen MR) is 110 cm³/mol. The lowest BCUT2D eigenvalue weighted by Crippen LogP contribution is -2.14. The van der Waals surface area contributed by atoms with Crippen LogP contribution in [0.1, 0.15) is 22.8 Å². The summed E-state index contributed by atoms with van der Waals surface area (Å²) in [6.07, 6.45) is 0. The lowest BCUT2D eigenvalue weighted by Gasteiger charge is -2.08. The van der Waals surface area contributed by atoms with Gasteiger partial charge in [0.05, 0.1) is 11.5 Å². The Balaban J connectivity index is 1.48. The quantitative estimate of drug-likeness (QED) is 0.602. The van der Waals surface area contributed by atoms with Crippen molar-refractivity contribution >= 4 is 35.1 Å². The smallest absolute Gasteiger partial charge is 0.234 e. The fourth-order valence-corrected chi connectivity index (χ4v) is 4.02. The zero-order valence-corrected chi connectivity index (χ0v) is 17.1. The van der Waals surface area contributed by atoms with Gasteiger partial charge in [0.15, 0.2) is 5.82 Å². The molecule has 1 N–H and O–H groups in total. The maximum Gasteiger partial charge on any atom is 0.234 e. The van der Waals surface area contributed by atoms with Gasteiger partial charge in [-0.25, -0.2) is 0 Å². The van der Waals surface area contributed by atoms with Crippen molar-refractivity contribution < 1.29 is 9.32 Å². The zero-order chi connectivity index (χ0) is 19.2. The van der Waals surface area contributed by atoms with Crippen molar-refractivity contribution in [1.82, 2.24) is 10.1 Å². The lowest BCUT2D eigenvalue weighted by molar-refractivity contribution is -0.113. The molecule has 3 rings (SSSR count). The minimum absolute atomic E-state index is 0.0463. The first-order chi connectivity index (χ1) is 13.0. The Bertz CT molecular complexity index is 923. The van der Waals surface area contributed by atoms with Gasteiger partial charge in [-0.3, -0.25) is 4.79 Å². The molecule has 0 fully saturated rings. The summed E-state index contributed by atoms with van der Waals surface area (Å²) in [6.45, 7) is 5.97. The molecule has 0 radical (unpaired) electrons. The van der Waals surface area contributed by atoms with E-state index in [9.17, 15) is 4.79 Å². The maximum absolute atomic E-state index is 12.1. The van der Waals surface area contributed by atoms with E-state index in [0.29, 0.717) is 23.2 Å². The summed E-state index contributed by atoms with van der Waals surface area (Å²) in [7, 11) is 0. The van der Waals surface area contributed by atoms with Gasteiger partial charge >= 0.3 is 0 Å². The Kier molecular flexibility index (Phi) is 6.58. The molecule has 2 aromatic carbocycles. The molecule has 1 heterocycles. The average molecular weight is 400 g/mol. The molecular formula is C20H21N3O2S2. The van der Waals surface area contributed by atoms with Crippen LogP contribution in [0.2, 0.25) is 0 Å². The highest BCUT2D eigenvalue weighted by Gasteiger charge is 2.07. The lowest BCUT2D eigenvalue weighted by atomic mass is 10.2. The summed E-state index contributed by atoms with van der Waals surface area (Å²) in [6, 6.07) is 14.4. The summed E-state index contributed by atoms with van der Waals surface area (Å²) in [4.78, 5) is 18.6. The molecule has 5 nitrogen and oxygen atoms in total. The van der Waals surface area contributed by atoms with Crippen LogP contribution < -0.4 is 5.32 Å². The van der Waals surface area contributed by atoms with Gasteiger partial charge in [-0.15, -0.1) is 11.8 Å². The van der Waals surface area contributed by atoms with Gasteiger partial charge < -0.3 is 9.84 Å². The van der Waals surface area contributed by atoms with E-state index in [-0.39, 0.29) is 5.91 Å². The van der Waals surface area contributed by atoms with Gasteiger partial charge in [-0.05, 0) is 49.7 Å². The van der Waals surface area contributed by atoms with E-state index in [2.05, 4.69) is 47.5 Å². The second-order valence-electron chi connectivity index (χ2n) is 6.17. The fourth-order valence-electron chi connectivity index (χ4n) is 2.48. The van der Waals surface area contributed by atoms with E-state index in [1.807, 2.05) is 24.3 Å². The van der Waals surface area contributed by atoms with E-state index >= 15 is 0 Å². The van der Waals surface area contributed by atoms with Crippen LogP contribution in [0.15, 0.2) is 56.8 Å².